The summed E-state index contributed by atoms with van der Waals surface area (Å²) in [5.74, 6) is -0.339. The van der Waals surface area contributed by atoms with Gasteiger partial charge in [-0.3, -0.25) is 9.59 Å². The van der Waals surface area contributed by atoms with Crippen molar-refractivity contribution in [3.8, 4) is 0 Å². The minimum Gasteiger partial charge on any atom is -0.347 e. The number of carbonyl (C=O) groups is 2. The summed E-state index contributed by atoms with van der Waals surface area (Å²) in [5.41, 5.74) is -0.109. The number of amides is 2. The Morgan fingerprint density at radius 1 is 1.12 bits per heavy atom. The molecule has 1 saturated carbocycles. The Labute approximate surface area is 151 Å². The Hall–Kier alpha value is -2.09. The number of hydrogen-bond acceptors (Lipinski definition) is 3. The van der Waals surface area contributed by atoms with E-state index >= 15 is 0 Å². The number of nitrogens with one attached hydrogen (secondary N) is 1. The van der Waals surface area contributed by atoms with Gasteiger partial charge in [0.05, 0.1) is 12.1 Å². The van der Waals surface area contributed by atoms with Gasteiger partial charge in [0.1, 0.15) is 0 Å². The van der Waals surface area contributed by atoms with Crippen LogP contribution in [0, 0.1) is 5.92 Å². The third-order valence-corrected chi connectivity index (χ3v) is 4.19. The molecular formula is C18H24F3N3O2. The zero-order valence-corrected chi connectivity index (χ0v) is 15.0. The van der Waals surface area contributed by atoms with Crippen LogP contribution in [0.5, 0.6) is 0 Å². The summed E-state index contributed by atoms with van der Waals surface area (Å²) >= 11 is 0. The molecule has 1 aliphatic carbocycles. The molecule has 0 saturated heterocycles. The van der Waals surface area contributed by atoms with Gasteiger partial charge in [0.2, 0.25) is 11.8 Å². The molecule has 0 aliphatic heterocycles. The number of rotatable bonds is 8. The summed E-state index contributed by atoms with van der Waals surface area (Å²) in [6.07, 6.45) is -2.67. The monoisotopic (exact) mass is 371 g/mol. The van der Waals surface area contributed by atoms with E-state index in [-0.39, 0.29) is 30.8 Å². The Balaban J connectivity index is 1.98. The van der Waals surface area contributed by atoms with Crippen molar-refractivity contribution in [2.45, 2.75) is 25.6 Å². The number of benzene rings is 1. The van der Waals surface area contributed by atoms with E-state index in [1.165, 1.54) is 12.1 Å². The van der Waals surface area contributed by atoms with E-state index in [1.807, 2.05) is 19.0 Å². The van der Waals surface area contributed by atoms with Gasteiger partial charge in [-0.15, -0.1) is 0 Å². The maximum absolute atomic E-state index is 12.7. The van der Waals surface area contributed by atoms with Crippen LogP contribution in [0.3, 0.4) is 0 Å². The largest absolute Gasteiger partial charge is 0.416 e. The van der Waals surface area contributed by atoms with E-state index in [9.17, 15) is 22.8 Å². The van der Waals surface area contributed by atoms with Crippen molar-refractivity contribution in [1.29, 1.82) is 0 Å². The van der Waals surface area contributed by atoms with Crippen molar-refractivity contribution in [3.63, 3.8) is 0 Å². The lowest BCUT2D eigenvalue weighted by Gasteiger charge is -2.25. The molecule has 0 heterocycles. The van der Waals surface area contributed by atoms with Crippen LogP contribution in [0.25, 0.3) is 0 Å². The van der Waals surface area contributed by atoms with Gasteiger partial charge in [0, 0.05) is 25.6 Å². The molecule has 0 atom stereocenters. The zero-order valence-electron chi connectivity index (χ0n) is 15.0. The van der Waals surface area contributed by atoms with E-state index in [4.69, 9.17) is 0 Å². The molecule has 2 rings (SSSR count). The molecule has 1 aromatic carbocycles. The van der Waals surface area contributed by atoms with Gasteiger partial charge in [-0.1, -0.05) is 12.1 Å². The fourth-order valence-electron chi connectivity index (χ4n) is 2.40. The molecule has 144 valence electrons. The molecule has 5 nitrogen and oxygen atoms in total. The Bertz CT molecular complexity index is 626. The summed E-state index contributed by atoms with van der Waals surface area (Å²) in [7, 11) is 3.74. The predicted molar refractivity (Wildman–Crippen MR) is 91.1 cm³/mol. The number of carbonyl (C=O) groups excluding carboxylic acids is 2. The summed E-state index contributed by atoms with van der Waals surface area (Å²) in [6, 6.07) is 4.78. The van der Waals surface area contributed by atoms with E-state index in [0.29, 0.717) is 18.7 Å². The molecule has 1 aliphatic rings. The molecule has 2 amide bonds. The molecule has 26 heavy (non-hydrogen) atoms. The van der Waals surface area contributed by atoms with Gasteiger partial charge < -0.3 is 15.1 Å². The van der Waals surface area contributed by atoms with Crippen LogP contribution < -0.4 is 5.32 Å². The highest BCUT2D eigenvalue weighted by Gasteiger charge is 2.31. The van der Waals surface area contributed by atoms with Crippen molar-refractivity contribution in [1.82, 2.24) is 15.1 Å². The van der Waals surface area contributed by atoms with E-state index < -0.39 is 11.7 Å². The second-order valence-corrected chi connectivity index (χ2v) is 6.81. The van der Waals surface area contributed by atoms with Crippen LogP contribution in [-0.2, 0) is 22.3 Å². The van der Waals surface area contributed by atoms with Crippen molar-refractivity contribution >= 4 is 11.8 Å². The second kappa shape index (κ2) is 8.53. The SMILES string of the molecule is CN(C)CCN(Cc1ccc(C(F)(F)F)cc1)C(=O)CNC(=O)C1CC1. The van der Waals surface area contributed by atoms with Crippen LogP contribution in [0.4, 0.5) is 13.2 Å². The average Bonchev–Trinajstić information content (AvgIpc) is 3.40. The molecule has 0 unspecified atom stereocenters. The van der Waals surface area contributed by atoms with Crippen molar-refractivity contribution in [3.05, 3.63) is 35.4 Å². The topological polar surface area (TPSA) is 52.6 Å². The van der Waals surface area contributed by atoms with Crippen LogP contribution in [0.2, 0.25) is 0 Å². The molecule has 0 radical (unpaired) electrons. The lowest BCUT2D eigenvalue weighted by Crippen LogP contribution is -2.42. The number of halogens is 3. The van der Waals surface area contributed by atoms with Gasteiger partial charge in [0.25, 0.3) is 0 Å². The van der Waals surface area contributed by atoms with Gasteiger partial charge in [-0.05, 0) is 44.6 Å². The number of nitrogens with zero attached hydrogens (tertiary/aromatic N) is 2. The second-order valence-electron chi connectivity index (χ2n) is 6.81. The van der Waals surface area contributed by atoms with E-state index in [2.05, 4.69) is 5.32 Å². The first-order valence-electron chi connectivity index (χ1n) is 8.53. The summed E-state index contributed by atoms with van der Waals surface area (Å²) in [6.45, 7) is 1.14. The molecule has 0 bridgehead atoms. The average molecular weight is 371 g/mol. The molecular weight excluding hydrogens is 347 g/mol. The Morgan fingerprint density at radius 2 is 1.73 bits per heavy atom. The molecule has 8 heteroatoms. The lowest BCUT2D eigenvalue weighted by molar-refractivity contribution is -0.137. The number of alkyl halides is 3. The first-order valence-corrected chi connectivity index (χ1v) is 8.53. The molecule has 1 aromatic rings. The fourth-order valence-corrected chi connectivity index (χ4v) is 2.40. The minimum absolute atomic E-state index is 0.0212. The Kier molecular flexibility index (Phi) is 6.63. The van der Waals surface area contributed by atoms with E-state index in [1.54, 1.807) is 4.90 Å². The highest BCUT2D eigenvalue weighted by molar-refractivity contribution is 5.86. The lowest BCUT2D eigenvalue weighted by atomic mass is 10.1. The van der Waals surface area contributed by atoms with E-state index in [0.717, 1.165) is 25.0 Å². The maximum Gasteiger partial charge on any atom is 0.416 e. The predicted octanol–water partition coefficient (Wildman–Crippen LogP) is 2.12. The zero-order chi connectivity index (χ0) is 19.3. The van der Waals surface area contributed by atoms with Gasteiger partial charge in [-0.25, -0.2) is 0 Å². The molecule has 0 aromatic heterocycles. The molecule has 1 N–H and O–H groups in total. The first kappa shape index (κ1) is 20.2. The quantitative estimate of drug-likeness (QED) is 0.762. The number of likely N-dealkylation sites (N-methyl/N-ethyl adjacent to an activating group) is 1. The van der Waals surface area contributed by atoms with Crippen molar-refractivity contribution < 1.29 is 22.8 Å². The standard InChI is InChI=1S/C18H24F3N3O2/c1-23(2)9-10-24(16(25)11-22-17(26)14-5-6-14)12-13-3-7-15(8-4-13)18(19,20)21/h3-4,7-8,14H,5-6,9-12H2,1-2H3,(H,22,26). The third kappa shape index (κ3) is 6.33. The minimum atomic E-state index is -4.38. The highest BCUT2D eigenvalue weighted by atomic mass is 19.4. The third-order valence-electron chi connectivity index (χ3n) is 4.19. The van der Waals surface area contributed by atoms with Gasteiger partial charge >= 0.3 is 6.18 Å². The highest BCUT2D eigenvalue weighted by Crippen LogP contribution is 2.29. The summed E-state index contributed by atoms with van der Waals surface area (Å²) in [5, 5.41) is 2.63. The van der Waals surface area contributed by atoms with Crippen LogP contribution >= 0.6 is 0 Å². The normalized spacial score (nSPS) is 14.4. The van der Waals surface area contributed by atoms with Crippen LogP contribution in [0.15, 0.2) is 24.3 Å². The van der Waals surface area contributed by atoms with Gasteiger partial charge in [0.15, 0.2) is 0 Å². The van der Waals surface area contributed by atoms with Gasteiger partial charge in [-0.2, -0.15) is 13.2 Å². The smallest absolute Gasteiger partial charge is 0.347 e. The first-order chi connectivity index (χ1) is 12.2. The summed E-state index contributed by atoms with van der Waals surface area (Å²) < 4.78 is 38.0. The molecule has 0 spiro atoms. The summed E-state index contributed by atoms with van der Waals surface area (Å²) in [4.78, 5) is 27.6. The van der Waals surface area contributed by atoms with Crippen molar-refractivity contribution in [2.24, 2.45) is 5.92 Å². The fraction of sp³-hybridized carbons (Fsp3) is 0.556. The maximum atomic E-state index is 12.7. The van der Waals surface area contributed by atoms with Crippen molar-refractivity contribution in [2.75, 3.05) is 33.7 Å². The molecule has 1 fully saturated rings. The number of hydrogen-bond donors (Lipinski definition) is 1. The Morgan fingerprint density at radius 3 is 2.23 bits per heavy atom. The van der Waals surface area contributed by atoms with Crippen LogP contribution in [-0.4, -0.2) is 55.3 Å². The van der Waals surface area contributed by atoms with Crippen LogP contribution in [0.1, 0.15) is 24.0 Å².